The van der Waals surface area contributed by atoms with E-state index in [4.69, 9.17) is 4.74 Å². The van der Waals surface area contributed by atoms with E-state index < -0.39 is 12.1 Å². The molecule has 0 fully saturated rings. The zero-order valence-electron chi connectivity index (χ0n) is 10.9. The molecule has 5 heteroatoms. The molecule has 104 valence electrons. The van der Waals surface area contributed by atoms with Gasteiger partial charge in [-0.25, -0.2) is 4.79 Å². The first kappa shape index (κ1) is 14.0. The maximum Gasteiger partial charge on any atom is 0.408 e. The fourth-order valence-corrected chi connectivity index (χ4v) is 1.72. The third-order valence-electron chi connectivity index (χ3n) is 2.77. The molecule has 0 aliphatic heterocycles. The van der Waals surface area contributed by atoms with Crippen LogP contribution in [-0.4, -0.2) is 22.8 Å². The van der Waals surface area contributed by atoms with Crippen LogP contribution in [0, 0.1) is 0 Å². The molecule has 1 atom stereocenters. The standard InChI is InChI=1S/C15H16N2O3/c18-10-14(13-7-4-8-16-9-13)17-15(19)20-11-12-5-2-1-3-6-12/h1-9,14,18H,10-11H2,(H,17,19). The SMILES string of the molecule is O=C(NC(CO)c1cccnc1)OCc1ccccc1. The summed E-state index contributed by atoms with van der Waals surface area (Å²) in [5, 5.41) is 11.9. The summed E-state index contributed by atoms with van der Waals surface area (Å²) in [4.78, 5) is 15.6. The Kier molecular flexibility index (Phi) is 5.08. The van der Waals surface area contributed by atoms with Crippen LogP contribution in [0.25, 0.3) is 0 Å². The number of nitrogens with zero attached hydrogens (tertiary/aromatic N) is 1. The first-order valence-corrected chi connectivity index (χ1v) is 6.27. The number of hydrogen-bond acceptors (Lipinski definition) is 4. The minimum absolute atomic E-state index is 0.192. The smallest absolute Gasteiger partial charge is 0.408 e. The van der Waals surface area contributed by atoms with Crippen LogP contribution in [0.1, 0.15) is 17.2 Å². The predicted octanol–water partition coefficient (Wildman–Crippen LogP) is 2.04. The summed E-state index contributed by atoms with van der Waals surface area (Å²) in [6.45, 7) is -0.0238. The summed E-state index contributed by atoms with van der Waals surface area (Å²) < 4.78 is 5.10. The number of amides is 1. The number of carbonyl (C=O) groups excluding carboxylic acids is 1. The van der Waals surface area contributed by atoms with Crippen molar-refractivity contribution < 1.29 is 14.6 Å². The molecule has 0 saturated carbocycles. The average molecular weight is 272 g/mol. The van der Waals surface area contributed by atoms with E-state index in [0.717, 1.165) is 11.1 Å². The summed E-state index contributed by atoms with van der Waals surface area (Å²) in [6.07, 6.45) is 2.65. The van der Waals surface area contributed by atoms with Crippen molar-refractivity contribution in [3.05, 3.63) is 66.0 Å². The van der Waals surface area contributed by atoms with Gasteiger partial charge in [0.05, 0.1) is 12.6 Å². The monoisotopic (exact) mass is 272 g/mol. The summed E-state index contributed by atoms with van der Waals surface area (Å²) in [7, 11) is 0. The van der Waals surface area contributed by atoms with Crippen LogP contribution in [0.15, 0.2) is 54.9 Å². The fourth-order valence-electron chi connectivity index (χ4n) is 1.72. The Bertz CT molecular complexity index is 531. The Morgan fingerprint density at radius 1 is 1.25 bits per heavy atom. The van der Waals surface area contributed by atoms with Crippen LogP contribution in [0.5, 0.6) is 0 Å². The van der Waals surface area contributed by atoms with Gasteiger partial charge in [0, 0.05) is 12.4 Å². The molecule has 0 saturated heterocycles. The fraction of sp³-hybridized carbons (Fsp3) is 0.200. The van der Waals surface area contributed by atoms with Gasteiger partial charge in [0.15, 0.2) is 0 Å². The molecule has 0 aliphatic rings. The first-order valence-electron chi connectivity index (χ1n) is 6.27. The third kappa shape index (κ3) is 4.07. The highest BCUT2D eigenvalue weighted by atomic mass is 16.5. The zero-order chi connectivity index (χ0) is 14.2. The van der Waals surface area contributed by atoms with Crippen molar-refractivity contribution in [2.24, 2.45) is 0 Å². The Balaban J connectivity index is 1.87. The molecule has 2 rings (SSSR count). The molecule has 0 bridgehead atoms. The van der Waals surface area contributed by atoms with Gasteiger partial charge in [-0.05, 0) is 17.2 Å². The second-order valence-corrected chi connectivity index (χ2v) is 4.23. The number of aliphatic hydroxyl groups excluding tert-OH is 1. The van der Waals surface area contributed by atoms with Crippen LogP contribution in [-0.2, 0) is 11.3 Å². The highest BCUT2D eigenvalue weighted by Crippen LogP contribution is 2.10. The molecular formula is C15H16N2O3. The van der Waals surface area contributed by atoms with Crippen LogP contribution in [0.3, 0.4) is 0 Å². The molecular weight excluding hydrogens is 256 g/mol. The van der Waals surface area contributed by atoms with Crippen LogP contribution in [0.4, 0.5) is 4.79 Å². The molecule has 1 unspecified atom stereocenters. The van der Waals surface area contributed by atoms with Gasteiger partial charge in [-0.3, -0.25) is 4.98 Å². The summed E-state index contributed by atoms with van der Waals surface area (Å²) in [6, 6.07) is 12.4. The number of alkyl carbamates (subject to hydrolysis) is 1. The number of pyridine rings is 1. The van der Waals surface area contributed by atoms with Gasteiger partial charge in [-0.15, -0.1) is 0 Å². The van der Waals surface area contributed by atoms with E-state index in [-0.39, 0.29) is 13.2 Å². The van der Waals surface area contributed by atoms with Crippen LogP contribution in [0.2, 0.25) is 0 Å². The number of aliphatic hydroxyl groups is 1. The third-order valence-corrected chi connectivity index (χ3v) is 2.77. The minimum Gasteiger partial charge on any atom is -0.445 e. The lowest BCUT2D eigenvalue weighted by molar-refractivity contribution is 0.129. The highest BCUT2D eigenvalue weighted by molar-refractivity contribution is 5.67. The van der Waals surface area contributed by atoms with E-state index >= 15 is 0 Å². The number of carbonyl (C=O) groups is 1. The molecule has 1 amide bonds. The highest BCUT2D eigenvalue weighted by Gasteiger charge is 2.14. The number of ether oxygens (including phenoxy) is 1. The number of nitrogens with one attached hydrogen (secondary N) is 1. The molecule has 0 aliphatic carbocycles. The molecule has 20 heavy (non-hydrogen) atoms. The van der Waals surface area contributed by atoms with Gasteiger partial charge in [-0.1, -0.05) is 36.4 Å². The molecule has 2 aromatic rings. The van der Waals surface area contributed by atoms with Crippen molar-refractivity contribution in [1.29, 1.82) is 0 Å². The lowest BCUT2D eigenvalue weighted by Gasteiger charge is -2.16. The van der Waals surface area contributed by atoms with Gasteiger partial charge in [0.25, 0.3) is 0 Å². The van der Waals surface area contributed by atoms with Gasteiger partial charge >= 0.3 is 6.09 Å². The summed E-state index contributed by atoms with van der Waals surface area (Å²) in [5.74, 6) is 0. The Morgan fingerprint density at radius 2 is 2.05 bits per heavy atom. The molecule has 2 N–H and O–H groups in total. The van der Waals surface area contributed by atoms with Gasteiger partial charge in [-0.2, -0.15) is 0 Å². The maximum absolute atomic E-state index is 11.7. The lowest BCUT2D eigenvalue weighted by Crippen LogP contribution is -2.31. The molecule has 5 nitrogen and oxygen atoms in total. The zero-order valence-corrected chi connectivity index (χ0v) is 10.9. The van der Waals surface area contributed by atoms with E-state index in [1.54, 1.807) is 24.5 Å². The topological polar surface area (TPSA) is 71.5 Å². The second kappa shape index (κ2) is 7.25. The van der Waals surface area contributed by atoms with E-state index in [9.17, 15) is 9.90 Å². The van der Waals surface area contributed by atoms with Crippen LogP contribution < -0.4 is 5.32 Å². The first-order chi connectivity index (χ1) is 9.79. The van der Waals surface area contributed by atoms with Gasteiger partial charge in [0.1, 0.15) is 6.61 Å². The molecule has 1 aromatic heterocycles. The second-order valence-electron chi connectivity index (χ2n) is 4.23. The van der Waals surface area contributed by atoms with Crippen molar-refractivity contribution >= 4 is 6.09 Å². The Hall–Kier alpha value is -2.40. The summed E-state index contributed by atoms with van der Waals surface area (Å²) >= 11 is 0. The minimum atomic E-state index is -0.572. The molecule has 0 radical (unpaired) electrons. The molecule has 0 spiro atoms. The summed E-state index contributed by atoms with van der Waals surface area (Å²) in [5.41, 5.74) is 1.64. The van der Waals surface area contributed by atoms with Crippen molar-refractivity contribution in [1.82, 2.24) is 10.3 Å². The van der Waals surface area contributed by atoms with Gasteiger partial charge in [0.2, 0.25) is 0 Å². The van der Waals surface area contributed by atoms with E-state index in [1.807, 2.05) is 30.3 Å². The maximum atomic E-state index is 11.7. The average Bonchev–Trinajstić information content (AvgIpc) is 2.52. The van der Waals surface area contributed by atoms with Gasteiger partial charge < -0.3 is 15.2 Å². The van der Waals surface area contributed by atoms with Crippen LogP contribution >= 0.6 is 0 Å². The number of benzene rings is 1. The van der Waals surface area contributed by atoms with E-state index in [2.05, 4.69) is 10.3 Å². The largest absolute Gasteiger partial charge is 0.445 e. The molecule has 1 heterocycles. The van der Waals surface area contributed by atoms with E-state index in [1.165, 1.54) is 0 Å². The van der Waals surface area contributed by atoms with Crippen molar-refractivity contribution in [2.45, 2.75) is 12.6 Å². The lowest BCUT2D eigenvalue weighted by atomic mass is 10.1. The van der Waals surface area contributed by atoms with Crippen molar-refractivity contribution in [3.8, 4) is 0 Å². The van der Waals surface area contributed by atoms with Crippen molar-refractivity contribution in [2.75, 3.05) is 6.61 Å². The van der Waals surface area contributed by atoms with Crippen molar-refractivity contribution in [3.63, 3.8) is 0 Å². The predicted molar refractivity (Wildman–Crippen MR) is 73.8 cm³/mol. The Morgan fingerprint density at radius 3 is 2.70 bits per heavy atom. The number of aromatic nitrogens is 1. The van der Waals surface area contributed by atoms with E-state index in [0.29, 0.717) is 0 Å². The number of rotatable bonds is 5. The Labute approximate surface area is 117 Å². The molecule has 1 aromatic carbocycles. The number of hydrogen-bond donors (Lipinski definition) is 2. The quantitative estimate of drug-likeness (QED) is 0.873. The normalized spacial score (nSPS) is 11.7.